The Morgan fingerprint density at radius 1 is 1.03 bits per heavy atom. The van der Waals surface area contributed by atoms with Gasteiger partial charge in [0.1, 0.15) is 5.78 Å². The second-order valence-electron chi connectivity index (χ2n) is 9.53. The monoisotopic (exact) mass is 427 g/mol. The molecule has 9 unspecified atom stereocenters. The van der Waals surface area contributed by atoms with Gasteiger partial charge in [-0.05, 0) is 12.8 Å². The Hall–Kier alpha value is -2.02. The van der Waals surface area contributed by atoms with E-state index in [4.69, 9.17) is 4.74 Å². The molecule has 9 atom stereocenters. The Morgan fingerprint density at radius 2 is 1.84 bits per heavy atom. The molecule has 0 aromatic rings. The quantitative estimate of drug-likeness (QED) is 0.406. The molecule has 1 saturated carbocycles. The lowest BCUT2D eigenvalue weighted by atomic mass is 9.60. The molecular formula is C25H33NO5. The first-order chi connectivity index (χ1) is 14.8. The Morgan fingerprint density at radius 3 is 2.65 bits per heavy atom. The van der Waals surface area contributed by atoms with Crippen molar-refractivity contribution in [2.24, 2.45) is 29.6 Å². The second-order valence-corrected chi connectivity index (χ2v) is 9.53. The average Bonchev–Trinajstić information content (AvgIpc) is 3.09. The fourth-order valence-corrected chi connectivity index (χ4v) is 5.73. The van der Waals surface area contributed by atoms with E-state index in [1.807, 2.05) is 31.2 Å². The second kappa shape index (κ2) is 9.23. The van der Waals surface area contributed by atoms with Crippen molar-refractivity contribution in [2.45, 2.75) is 57.5 Å². The van der Waals surface area contributed by atoms with Gasteiger partial charge in [-0.25, -0.2) is 0 Å². The van der Waals surface area contributed by atoms with E-state index in [0.29, 0.717) is 6.54 Å². The van der Waals surface area contributed by atoms with Gasteiger partial charge in [-0.3, -0.25) is 9.59 Å². The van der Waals surface area contributed by atoms with Crippen molar-refractivity contribution in [1.82, 2.24) is 5.32 Å². The van der Waals surface area contributed by atoms with Gasteiger partial charge in [-0.1, -0.05) is 55.0 Å². The first-order valence-electron chi connectivity index (χ1n) is 11.3. The van der Waals surface area contributed by atoms with Crippen molar-refractivity contribution in [3.8, 4) is 0 Å². The van der Waals surface area contributed by atoms with Gasteiger partial charge in [0.2, 0.25) is 5.91 Å². The lowest BCUT2D eigenvalue weighted by Gasteiger charge is -2.44. The summed E-state index contributed by atoms with van der Waals surface area (Å²) in [5, 5.41) is 24.0. The van der Waals surface area contributed by atoms with Crippen LogP contribution < -0.4 is 5.32 Å². The van der Waals surface area contributed by atoms with Crippen LogP contribution in [0.3, 0.4) is 0 Å². The normalized spacial score (nSPS) is 47.1. The highest BCUT2D eigenvalue weighted by Crippen LogP contribution is 2.53. The molecule has 1 amide bonds. The molecule has 2 heterocycles. The van der Waals surface area contributed by atoms with Crippen molar-refractivity contribution >= 4 is 11.7 Å². The van der Waals surface area contributed by atoms with Crippen LogP contribution >= 0.6 is 0 Å². The van der Waals surface area contributed by atoms with Crippen LogP contribution in [0.1, 0.15) is 33.1 Å². The highest BCUT2D eigenvalue weighted by Gasteiger charge is 2.58. The maximum absolute atomic E-state index is 12.7. The molecule has 4 rings (SSSR count). The van der Waals surface area contributed by atoms with Crippen LogP contribution in [0.5, 0.6) is 0 Å². The maximum Gasteiger partial charge on any atom is 0.227 e. The number of aliphatic hydroxyl groups excluding tert-OH is 2. The molecule has 6 nitrogen and oxygen atoms in total. The third kappa shape index (κ3) is 4.61. The molecule has 0 radical (unpaired) electrons. The third-order valence-electron chi connectivity index (χ3n) is 7.25. The van der Waals surface area contributed by atoms with Crippen LogP contribution in [-0.2, 0) is 14.3 Å². The summed E-state index contributed by atoms with van der Waals surface area (Å²) in [6.07, 6.45) is 12.4. The minimum Gasteiger partial charge on any atom is -0.392 e. The lowest BCUT2D eigenvalue weighted by Crippen LogP contribution is -2.50. The summed E-state index contributed by atoms with van der Waals surface area (Å²) in [5.41, 5.74) is 1.15. The van der Waals surface area contributed by atoms with E-state index in [1.165, 1.54) is 0 Å². The van der Waals surface area contributed by atoms with E-state index < -0.39 is 18.3 Å². The number of ether oxygens (including phenoxy) is 1. The maximum atomic E-state index is 12.7. The van der Waals surface area contributed by atoms with Crippen LogP contribution in [0, 0.1) is 29.6 Å². The van der Waals surface area contributed by atoms with Gasteiger partial charge in [-0.2, -0.15) is 0 Å². The first kappa shape index (κ1) is 22.2. The molecular weight excluding hydrogens is 394 g/mol. The molecule has 1 saturated heterocycles. The van der Waals surface area contributed by atoms with Crippen molar-refractivity contribution in [1.29, 1.82) is 0 Å². The number of Topliss-reactive ketones (excluding diaryl/α,β-unsaturated/α-hetero) is 1. The van der Waals surface area contributed by atoms with E-state index in [1.54, 1.807) is 0 Å². The molecule has 6 heteroatoms. The van der Waals surface area contributed by atoms with E-state index in [9.17, 15) is 19.8 Å². The fraction of sp³-hybridized carbons (Fsp3) is 0.600. The van der Waals surface area contributed by atoms with E-state index in [0.717, 1.165) is 5.57 Å². The highest BCUT2D eigenvalue weighted by molar-refractivity contribution is 5.98. The smallest absolute Gasteiger partial charge is 0.227 e. The van der Waals surface area contributed by atoms with Crippen molar-refractivity contribution in [3.63, 3.8) is 0 Å². The number of carbonyl (C=O) groups excluding carboxylic acids is 2. The standard InChI is InChI=1S/C25H33NO5/c1-14-6-4-3-5-7-15(2)17-8-9-18-19(28)12-20(29)25-24(18)23(17)21(31-25)10-16(27)11-22(30)26-13-14/h3-9,14,17-21,23-25,28-29H,10-13H2,1-2H3,(H,26,30)/b5-3-,6-4+,15-7-. The van der Waals surface area contributed by atoms with Crippen molar-refractivity contribution < 1.29 is 24.5 Å². The van der Waals surface area contributed by atoms with Gasteiger partial charge in [0.15, 0.2) is 0 Å². The number of aliphatic hydroxyl groups is 2. The number of allylic oxidation sites excluding steroid dienone is 6. The number of hydrogen-bond acceptors (Lipinski definition) is 5. The van der Waals surface area contributed by atoms with Gasteiger partial charge < -0.3 is 20.3 Å². The lowest BCUT2D eigenvalue weighted by molar-refractivity contribution is -0.131. The minimum atomic E-state index is -0.751. The summed E-state index contributed by atoms with van der Waals surface area (Å²) < 4.78 is 6.28. The molecule has 2 fully saturated rings. The van der Waals surface area contributed by atoms with Crippen LogP contribution in [-0.4, -0.2) is 52.9 Å². The zero-order valence-corrected chi connectivity index (χ0v) is 18.2. The Bertz CT molecular complexity index is 828. The highest BCUT2D eigenvalue weighted by atomic mass is 16.5. The molecule has 2 aliphatic heterocycles. The molecule has 0 aromatic carbocycles. The van der Waals surface area contributed by atoms with E-state index in [-0.39, 0.29) is 66.6 Å². The first-order valence-corrected chi connectivity index (χ1v) is 11.3. The van der Waals surface area contributed by atoms with Gasteiger partial charge in [0.25, 0.3) is 0 Å². The Labute approximate surface area is 183 Å². The van der Waals surface area contributed by atoms with Crippen LogP contribution in [0.15, 0.2) is 48.1 Å². The number of amides is 1. The van der Waals surface area contributed by atoms with Gasteiger partial charge in [0.05, 0.1) is 30.8 Å². The van der Waals surface area contributed by atoms with Crippen LogP contribution in [0.25, 0.3) is 0 Å². The fourth-order valence-electron chi connectivity index (χ4n) is 5.73. The number of hydrogen-bond donors (Lipinski definition) is 3. The predicted octanol–water partition coefficient (Wildman–Crippen LogP) is 2.09. The molecule has 4 aliphatic rings. The summed E-state index contributed by atoms with van der Waals surface area (Å²) in [7, 11) is 0. The van der Waals surface area contributed by atoms with Crippen molar-refractivity contribution in [3.05, 3.63) is 48.1 Å². The molecule has 3 N–H and O–H groups in total. The molecule has 0 bridgehead atoms. The third-order valence-corrected chi connectivity index (χ3v) is 7.25. The van der Waals surface area contributed by atoms with Gasteiger partial charge in [-0.15, -0.1) is 0 Å². The largest absolute Gasteiger partial charge is 0.392 e. The van der Waals surface area contributed by atoms with Crippen molar-refractivity contribution in [2.75, 3.05) is 6.54 Å². The Balaban J connectivity index is 1.68. The summed E-state index contributed by atoms with van der Waals surface area (Å²) in [5.74, 6) is -0.367. The Kier molecular flexibility index (Phi) is 6.60. The number of nitrogens with one attached hydrogen (secondary N) is 1. The zero-order chi connectivity index (χ0) is 22.1. The van der Waals surface area contributed by atoms with Crippen LogP contribution in [0.4, 0.5) is 0 Å². The molecule has 2 aliphatic carbocycles. The minimum absolute atomic E-state index is 0.0234. The summed E-state index contributed by atoms with van der Waals surface area (Å²) >= 11 is 0. The van der Waals surface area contributed by atoms with Crippen LogP contribution in [0.2, 0.25) is 0 Å². The number of carbonyl (C=O) groups is 2. The molecule has 0 spiro atoms. The van der Waals surface area contributed by atoms with E-state index >= 15 is 0 Å². The SMILES string of the molecule is C/C1=C/C=C\C=C\C(C)CNC(=O)CC(=O)CC2OC3C(O)CC(O)C4C=CC1C2C43. The predicted molar refractivity (Wildman–Crippen MR) is 117 cm³/mol. The molecule has 31 heavy (non-hydrogen) atoms. The summed E-state index contributed by atoms with van der Waals surface area (Å²) in [4.78, 5) is 25.0. The summed E-state index contributed by atoms with van der Waals surface area (Å²) in [6.45, 7) is 4.57. The summed E-state index contributed by atoms with van der Waals surface area (Å²) in [6, 6.07) is 0. The zero-order valence-electron chi connectivity index (χ0n) is 18.2. The van der Waals surface area contributed by atoms with Gasteiger partial charge in [0, 0.05) is 43.1 Å². The average molecular weight is 428 g/mol. The van der Waals surface area contributed by atoms with Gasteiger partial charge >= 0.3 is 0 Å². The molecule has 168 valence electrons. The topological polar surface area (TPSA) is 95.9 Å². The van der Waals surface area contributed by atoms with E-state index in [2.05, 4.69) is 30.5 Å². The molecule has 0 aromatic heterocycles. The number of ketones is 1. The number of rotatable bonds is 0.